The van der Waals surface area contributed by atoms with Crippen LogP contribution < -0.4 is 27.4 Å². The van der Waals surface area contributed by atoms with Crippen LogP contribution in [0.4, 0.5) is 0 Å². The number of rotatable bonds is 15. The molecule has 1 aromatic carbocycles. The SMILES string of the molecule is CC(NC(Cc1ccccc1)C(N)=O)C(N)CNC(=O)CCCCCNC1C=CC1. The van der Waals surface area contributed by atoms with E-state index in [1.165, 1.54) is 0 Å². The maximum absolute atomic E-state index is 12.1. The number of unbranched alkanes of at least 4 members (excludes halogenated alkanes) is 2. The summed E-state index contributed by atoms with van der Waals surface area (Å²) in [7, 11) is 0. The first-order valence-electron chi connectivity index (χ1n) is 11.0. The predicted molar refractivity (Wildman–Crippen MR) is 121 cm³/mol. The number of benzene rings is 1. The van der Waals surface area contributed by atoms with E-state index in [1.54, 1.807) is 0 Å². The fraction of sp³-hybridized carbons (Fsp3) is 0.565. The minimum Gasteiger partial charge on any atom is -0.368 e. The highest BCUT2D eigenvalue weighted by atomic mass is 16.2. The largest absolute Gasteiger partial charge is 0.368 e. The molecule has 2 rings (SSSR count). The molecule has 0 saturated heterocycles. The molecule has 7 heteroatoms. The molecule has 4 unspecified atom stereocenters. The third-order valence-corrected chi connectivity index (χ3v) is 5.51. The highest BCUT2D eigenvalue weighted by Crippen LogP contribution is 2.07. The van der Waals surface area contributed by atoms with Crippen molar-refractivity contribution in [2.24, 2.45) is 11.5 Å². The van der Waals surface area contributed by atoms with Crippen LogP contribution in [0.2, 0.25) is 0 Å². The molecule has 7 nitrogen and oxygen atoms in total. The van der Waals surface area contributed by atoms with Gasteiger partial charge in [-0.05, 0) is 44.7 Å². The Morgan fingerprint density at radius 1 is 1.17 bits per heavy atom. The molecule has 1 aromatic rings. The number of nitrogens with two attached hydrogens (primary N) is 2. The first kappa shape index (κ1) is 24.1. The van der Waals surface area contributed by atoms with E-state index >= 15 is 0 Å². The lowest BCUT2D eigenvalue weighted by Gasteiger charge is -2.26. The van der Waals surface area contributed by atoms with Gasteiger partial charge in [-0.15, -0.1) is 0 Å². The van der Waals surface area contributed by atoms with E-state index in [1.807, 2.05) is 37.3 Å². The van der Waals surface area contributed by atoms with Crippen LogP contribution in [0, 0.1) is 0 Å². The summed E-state index contributed by atoms with van der Waals surface area (Å²) in [6, 6.07) is 9.28. The fourth-order valence-corrected chi connectivity index (χ4v) is 3.33. The maximum Gasteiger partial charge on any atom is 0.234 e. The van der Waals surface area contributed by atoms with E-state index in [0.717, 1.165) is 37.8 Å². The van der Waals surface area contributed by atoms with E-state index in [2.05, 4.69) is 28.1 Å². The van der Waals surface area contributed by atoms with Crippen molar-refractivity contribution >= 4 is 11.8 Å². The Bertz CT molecular complexity index is 679. The zero-order chi connectivity index (χ0) is 21.8. The van der Waals surface area contributed by atoms with Crippen LogP contribution in [-0.4, -0.2) is 49.1 Å². The average molecular weight is 416 g/mol. The van der Waals surface area contributed by atoms with Crippen LogP contribution in [-0.2, 0) is 16.0 Å². The zero-order valence-corrected chi connectivity index (χ0v) is 18.0. The van der Waals surface area contributed by atoms with Gasteiger partial charge in [0.2, 0.25) is 11.8 Å². The van der Waals surface area contributed by atoms with Crippen molar-refractivity contribution in [1.82, 2.24) is 16.0 Å². The molecule has 0 saturated carbocycles. The molecule has 1 aliphatic rings. The Kier molecular flexibility index (Phi) is 10.5. The summed E-state index contributed by atoms with van der Waals surface area (Å²) in [5.74, 6) is -0.395. The number of hydrogen-bond donors (Lipinski definition) is 5. The summed E-state index contributed by atoms with van der Waals surface area (Å²) < 4.78 is 0. The Morgan fingerprint density at radius 3 is 2.53 bits per heavy atom. The van der Waals surface area contributed by atoms with Crippen LogP contribution in [0.5, 0.6) is 0 Å². The number of nitrogens with one attached hydrogen (secondary N) is 3. The van der Waals surface area contributed by atoms with Gasteiger partial charge in [-0.25, -0.2) is 0 Å². The van der Waals surface area contributed by atoms with Gasteiger partial charge < -0.3 is 27.4 Å². The van der Waals surface area contributed by atoms with Crippen molar-refractivity contribution in [2.45, 2.75) is 69.6 Å². The zero-order valence-electron chi connectivity index (χ0n) is 18.0. The van der Waals surface area contributed by atoms with Crippen LogP contribution in [0.15, 0.2) is 42.5 Å². The van der Waals surface area contributed by atoms with Crippen molar-refractivity contribution in [3.05, 3.63) is 48.0 Å². The average Bonchev–Trinajstić information content (AvgIpc) is 2.70. The first-order valence-corrected chi connectivity index (χ1v) is 11.0. The van der Waals surface area contributed by atoms with E-state index in [9.17, 15) is 9.59 Å². The summed E-state index contributed by atoms with van der Waals surface area (Å²) in [5, 5.41) is 9.56. The van der Waals surface area contributed by atoms with Gasteiger partial charge in [-0.1, -0.05) is 48.9 Å². The minimum absolute atomic E-state index is 0.0169. The molecule has 0 aromatic heterocycles. The van der Waals surface area contributed by atoms with Gasteiger partial charge in [-0.2, -0.15) is 0 Å². The Balaban J connectivity index is 1.59. The smallest absolute Gasteiger partial charge is 0.234 e. The van der Waals surface area contributed by atoms with Crippen LogP contribution >= 0.6 is 0 Å². The van der Waals surface area contributed by atoms with Gasteiger partial charge in [0.25, 0.3) is 0 Å². The van der Waals surface area contributed by atoms with Crippen LogP contribution in [0.25, 0.3) is 0 Å². The van der Waals surface area contributed by atoms with Crippen molar-refractivity contribution in [3.8, 4) is 0 Å². The van der Waals surface area contributed by atoms with Gasteiger partial charge >= 0.3 is 0 Å². The Hall–Kier alpha value is -2.22. The molecule has 0 spiro atoms. The van der Waals surface area contributed by atoms with Crippen LogP contribution in [0.3, 0.4) is 0 Å². The topological polar surface area (TPSA) is 122 Å². The lowest BCUT2D eigenvalue weighted by molar-refractivity contribution is -0.122. The number of primary amides is 1. The molecule has 2 amide bonds. The predicted octanol–water partition coefficient (Wildman–Crippen LogP) is 0.983. The second-order valence-electron chi connectivity index (χ2n) is 8.10. The quantitative estimate of drug-likeness (QED) is 0.216. The van der Waals surface area contributed by atoms with Gasteiger partial charge in [0.1, 0.15) is 0 Å². The summed E-state index contributed by atoms with van der Waals surface area (Å²) in [5.41, 5.74) is 12.8. The van der Waals surface area contributed by atoms with E-state index < -0.39 is 11.9 Å². The summed E-state index contributed by atoms with van der Waals surface area (Å²) in [6.07, 6.45) is 9.47. The molecule has 0 fully saturated rings. The summed E-state index contributed by atoms with van der Waals surface area (Å²) in [6.45, 7) is 3.26. The number of carbonyl (C=O) groups excluding carboxylic acids is 2. The normalized spacial score (nSPS) is 18.3. The number of hydrogen-bond acceptors (Lipinski definition) is 5. The second kappa shape index (κ2) is 13.2. The number of carbonyl (C=O) groups is 2. The molecule has 4 atom stereocenters. The van der Waals surface area contributed by atoms with E-state index in [4.69, 9.17) is 11.5 Å². The lowest BCUT2D eigenvalue weighted by atomic mass is 10.0. The van der Waals surface area contributed by atoms with Crippen molar-refractivity contribution in [2.75, 3.05) is 13.1 Å². The Morgan fingerprint density at radius 2 is 1.90 bits per heavy atom. The van der Waals surface area contributed by atoms with Gasteiger partial charge in [0, 0.05) is 31.1 Å². The molecule has 30 heavy (non-hydrogen) atoms. The first-order chi connectivity index (χ1) is 14.5. The fourth-order valence-electron chi connectivity index (χ4n) is 3.33. The van der Waals surface area contributed by atoms with Crippen molar-refractivity contribution in [1.29, 1.82) is 0 Å². The highest BCUT2D eigenvalue weighted by molar-refractivity contribution is 5.80. The summed E-state index contributed by atoms with van der Waals surface area (Å²) >= 11 is 0. The maximum atomic E-state index is 12.1. The van der Waals surface area contributed by atoms with E-state index in [-0.39, 0.29) is 18.0 Å². The molecular formula is C23H37N5O2. The van der Waals surface area contributed by atoms with Crippen molar-refractivity contribution in [3.63, 3.8) is 0 Å². The molecule has 0 radical (unpaired) electrons. The van der Waals surface area contributed by atoms with E-state index in [0.29, 0.717) is 25.4 Å². The molecule has 1 aliphatic carbocycles. The van der Waals surface area contributed by atoms with Crippen LogP contribution in [0.1, 0.15) is 44.6 Å². The monoisotopic (exact) mass is 415 g/mol. The third-order valence-electron chi connectivity index (χ3n) is 5.51. The van der Waals surface area contributed by atoms with Gasteiger partial charge in [0.05, 0.1) is 6.04 Å². The summed E-state index contributed by atoms with van der Waals surface area (Å²) in [4.78, 5) is 23.9. The van der Waals surface area contributed by atoms with Crippen molar-refractivity contribution < 1.29 is 9.59 Å². The Labute approximate surface area is 180 Å². The highest BCUT2D eigenvalue weighted by Gasteiger charge is 2.22. The second-order valence-corrected chi connectivity index (χ2v) is 8.10. The molecule has 0 aliphatic heterocycles. The standard InChI is InChI=1S/C23H37N5O2/c1-17(28-21(23(25)30)15-18-9-4-2-5-10-18)20(24)16-27-22(29)13-6-3-7-14-26-19-11-8-12-19/h2,4-5,8-11,17,19-21,26,28H,3,6-7,12-16,24H2,1H3,(H2,25,30)(H,27,29). The molecule has 166 valence electrons. The third kappa shape index (κ3) is 9.07. The number of amides is 2. The van der Waals surface area contributed by atoms with Gasteiger partial charge in [0.15, 0.2) is 0 Å². The molecule has 0 bridgehead atoms. The lowest BCUT2D eigenvalue weighted by Crippen LogP contribution is -2.55. The molecule has 0 heterocycles. The van der Waals surface area contributed by atoms with Gasteiger partial charge in [-0.3, -0.25) is 9.59 Å². The molecule has 7 N–H and O–H groups in total. The minimum atomic E-state index is -0.506. The molecular weight excluding hydrogens is 378 g/mol.